The van der Waals surface area contributed by atoms with Gasteiger partial charge in [-0.3, -0.25) is 0 Å². The van der Waals surface area contributed by atoms with Gasteiger partial charge in [-0.1, -0.05) is 77.2 Å². The summed E-state index contributed by atoms with van der Waals surface area (Å²) in [5.41, 5.74) is 0.861. The number of esters is 1. The molecule has 8 heteroatoms. The van der Waals surface area contributed by atoms with Crippen LogP contribution < -0.4 is 9.47 Å². The van der Waals surface area contributed by atoms with Gasteiger partial charge in [-0.25, -0.2) is 4.79 Å². The fraction of sp³-hybridized carbons (Fsp3) is 0.654. The third kappa shape index (κ3) is 16.7. The third-order valence-corrected chi connectivity index (χ3v) is 8.08. The Kier molecular flexibility index (Phi) is 17.7. The first kappa shape index (κ1) is 31.1. The van der Waals surface area contributed by atoms with E-state index >= 15 is 0 Å². The van der Waals surface area contributed by atoms with Gasteiger partial charge in [0.25, 0.3) is 0 Å². The van der Waals surface area contributed by atoms with Crippen LogP contribution in [0.15, 0.2) is 24.3 Å². The highest BCUT2D eigenvalue weighted by molar-refractivity contribution is 7.64. The van der Waals surface area contributed by atoms with Gasteiger partial charge in [0.05, 0.1) is 20.3 Å². The number of hydrogen-bond donors (Lipinski definition) is 0. The normalized spacial score (nSPS) is 11.7. The molecule has 0 heterocycles. The monoisotopic (exact) mass is 550 g/mol. The lowest BCUT2D eigenvalue weighted by Crippen LogP contribution is -2.07. The Morgan fingerprint density at radius 1 is 0.853 bits per heavy atom. The van der Waals surface area contributed by atoms with Gasteiger partial charge in [0.1, 0.15) is 0 Å². The highest BCUT2D eigenvalue weighted by Crippen LogP contribution is 2.29. The van der Waals surface area contributed by atoms with Gasteiger partial charge in [0.15, 0.2) is 11.5 Å². The van der Waals surface area contributed by atoms with Crippen LogP contribution in [0.1, 0.15) is 89.5 Å². The third-order valence-electron chi connectivity index (χ3n) is 5.45. The molecule has 0 atom stereocenters. The zero-order chi connectivity index (χ0) is 25.1. The molecule has 0 fully saturated rings. The summed E-state index contributed by atoms with van der Waals surface area (Å²) >= 11 is 17.6. The van der Waals surface area contributed by atoms with Crippen molar-refractivity contribution in [3.8, 4) is 11.5 Å². The molecule has 0 aliphatic carbocycles. The average Bonchev–Trinajstić information content (AvgIpc) is 2.80. The first-order chi connectivity index (χ1) is 16.4. The summed E-state index contributed by atoms with van der Waals surface area (Å²) in [5.74, 6) is 1.03. The molecule has 1 aromatic carbocycles. The lowest BCUT2D eigenvalue weighted by atomic mass is 10.1. The van der Waals surface area contributed by atoms with Gasteiger partial charge in [-0.15, -0.1) is 33.2 Å². The van der Waals surface area contributed by atoms with E-state index in [1.165, 1.54) is 51.0 Å². The van der Waals surface area contributed by atoms with Crippen molar-refractivity contribution < 1.29 is 19.0 Å². The molecule has 0 amide bonds. The van der Waals surface area contributed by atoms with Crippen molar-refractivity contribution in [1.82, 2.24) is 0 Å². The summed E-state index contributed by atoms with van der Waals surface area (Å²) in [6, 6.07) is 3.80. The average molecular weight is 552 g/mol. The molecule has 0 spiro atoms. The molecule has 0 unspecified atom stereocenters. The lowest BCUT2D eigenvalue weighted by molar-refractivity contribution is -0.137. The van der Waals surface area contributed by atoms with Gasteiger partial charge in [0, 0.05) is 6.08 Å². The Hall–Kier alpha value is -0.883. The number of rotatable bonds is 20. The minimum absolute atomic E-state index is 0.356. The quantitative estimate of drug-likeness (QED) is 0.0533. The molecule has 0 aliphatic rings. The second kappa shape index (κ2) is 19.3. The van der Waals surface area contributed by atoms with Crippen molar-refractivity contribution in [3.05, 3.63) is 29.8 Å². The maximum Gasteiger partial charge on any atom is 0.341 e. The standard InChI is InChI=1S/C26H41Cl3O4Si/c1-3-4-5-6-7-8-9-12-19-32-25-22-23(15-17-24(25)31-2)16-18-26(30)33-20-13-10-11-14-21-34(27,28)29/h15-18,22H,3-14,19-21H2,1-2H3/b18-16+. The predicted molar refractivity (Wildman–Crippen MR) is 148 cm³/mol. The number of carbonyl (C=O) groups is 1. The Morgan fingerprint density at radius 3 is 2.12 bits per heavy atom. The zero-order valence-corrected chi connectivity index (χ0v) is 24.0. The van der Waals surface area contributed by atoms with E-state index in [0.717, 1.165) is 37.7 Å². The minimum atomic E-state index is -2.51. The van der Waals surface area contributed by atoms with Crippen LogP contribution in [0.4, 0.5) is 0 Å². The van der Waals surface area contributed by atoms with Crippen molar-refractivity contribution in [2.24, 2.45) is 0 Å². The van der Waals surface area contributed by atoms with Crippen molar-refractivity contribution in [1.29, 1.82) is 0 Å². The molecule has 1 rings (SSSR count). The molecule has 0 N–H and O–H groups in total. The topological polar surface area (TPSA) is 44.8 Å². The summed E-state index contributed by atoms with van der Waals surface area (Å²) in [5, 5.41) is 0. The Balaban J connectivity index is 2.30. The Labute approximate surface area is 221 Å². The van der Waals surface area contributed by atoms with Crippen molar-refractivity contribution in [2.75, 3.05) is 20.3 Å². The molecular formula is C26H41Cl3O4Si. The number of ether oxygens (including phenoxy) is 3. The van der Waals surface area contributed by atoms with Crippen LogP contribution in [0, 0.1) is 0 Å². The van der Waals surface area contributed by atoms with Crippen molar-refractivity contribution >= 4 is 51.3 Å². The van der Waals surface area contributed by atoms with Crippen LogP contribution in [-0.2, 0) is 9.53 Å². The molecular weight excluding hydrogens is 511 g/mol. The zero-order valence-electron chi connectivity index (χ0n) is 20.8. The summed E-state index contributed by atoms with van der Waals surface area (Å²) < 4.78 is 16.6. The van der Waals surface area contributed by atoms with Crippen LogP contribution in [0.5, 0.6) is 11.5 Å². The van der Waals surface area contributed by atoms with Crippen LogP contribution in [0.25, 0.3) is 6.08 Å². The largest absolute Gasteiger partial charge is 0.493 e. The molecule has 0 saturated carbocycles. The number of methoxy groups -OCH3 is 1. The fourth-order valence-corrected chi connectivity index (χ4v) is 5.35. The van der Waals surface area contributed by atoms with Crippen molar-refractivity contribution in [3.63, 3.8) is 0 Å². The summed E-state index contributed by atoms with van der Waals surface area (Å²) in [7, 11) is 1.63. The number of benzene rings is 1. The van der Waals surface area contributed by atoms with E-state index in [-0.39, 0.29) is 5.97 Å². The molecule has 1 aromatic rings. The summed E-state index contributed by atoms with van der Waals surface area (Å²) in [6.45, 7) is 3.29. The van der Waals surface area contributed by atoms with Gasteiger partial charge in [-0.05, 0) is 42.7 Å². The van der Waals surface area contributed by atoms with E-state index in [4.69, 9.17) is 47.4 Å². The van der Waals surface area contributed by atoms with E-state index in [0.29, 0.717) is 30.8 Å². The fourth-order valence-electron chi connectivity index (χ4n) is 3.49. The maximum absolute atomic E-state index is 12.0. The Bertz CT molecular complexity index is 708. The van der Waals surface area contributed by atoms with E-state index in [1.807, 2.05) is 18.2 Å². The number of unbranched alkanes of at least 4 members (excludes halogenated alkanes) is 10. The second-order valence-corrected chi connectivity index (χ2v) is 17.8. The van der Waals surface area contributed by atoms with Crippen LogP contribution in [-0.4, -0.2) is 32.3 Å². The van der Waals surface area contributed by atoms with E-state index in [2.05, 4.69) is 6.92 Å². The molecule has 0 saturated heterocycles. The first-order valence-electron chi connectivity index (χ1n) is 12.6. The molecule has 0 radical (unpaired) electrons. The molecule has 34 heavy (non-hydrogen) atoms. The lowest BCUT2D eigenvalue weighted by Gasteiger charge is -2.11. The second-order valence-electron chi connectivity index (χ2n) is 8.51. The van der Waals surface area contributed by atoms with Crippen LogP contribution >= 0.6 is 33.2 Å². The van der Waals surface area contributed by atoms with Gasteiger partial charge in [0.2, 0.25) is 0 Å². The van der Waals surface area contributed by atoms with Gasteiger partial charge in [-0.2, -0.15) is 0 Å². The summed E-state index contributed by atoms with van der Waals surface area (Å²) in [4.78, 5) is 12.0. The number of halogens is 3. The molecule has 0 bridgehead atoms. The van der Waals surface area contributed by atoms with E-state index < -0.39 is 6.00 Å². The van der Waals surface area contributed by atoms with Crippen LogP contribution in [0.3, 0.4) is 0 Å². The van der Waals surface area contributed by atoms with Crippen molar-refractivity contribution in [2.45, 2.75) is 90.0 Å². The van der Waals surface area contributed by atoms with Gasteiger partial charge < -0.3 is 14.2 Å². The predicted octanol–water partition coefficient (Wildman–Crippen LogP) is 8.99. The van der Waals surface area contributed by atoms with Crippen LogP contribution in [0.2, 0.25) is 6.04 Å². The maximum atomic E-state index is 12.0. The molecule has 0 aliphatic heterocycles. The Morgan fingerprint density at radius 2 is 1.47 bits per heavy atom. The van der Waals surface area contributed by atoms with E-state index in [1.54, 1.807) is 13.2 Å². The van der Waals surface area contributed by atoms with Gasteiger partial charge >= 0.3 is 12.0 Å². The SMILES string of the molecule is CCCCCCCCCCOc1cc(/C=C/C(=O)OCCCCCC[Si](Cl)(Cl)Cl)ccc1OC. The first-order valence-corrected chi connectivity index (χ1v) is 17.8. The number of hydrogen-bond acceptors (Lipinski definition) is 4. The minimum Gasteiger partial charge on any atom is -0.493 e. The van der Waals surface area contributed by atoms with E-state index in [9.17, 15) is 4.79 Å². The molecule has 194 valence electrons. The summed E-state index contributed by atoms with van der Waals surface area (Å²) in [6.07, 6.45) is 16.9. The highest BCUT2D eigenvalue weighted by Gasteiger charge is 2.23. The molecule has 0 aromatic heterocycles. The molecule has 4 nitrogen and oxygen atoms in total. The smallest absolute Gasteiger partial charge is 0.341 e. The number of carbonyl (C=O) groups excluding carboxylic acids is 1. The highest BCUT2D eigenvalue weighted by atomic mass is 35.8.